The van der Waals surface area contributed by atoms with Gasteiger partial charge in [-0.2, -0.15) is 5.10 Å². The molecule has 0 saturated heterocycles. The van der Waals surface area contributed by atoms with Gasteiger partial charge >= 0.3 is 0 Å². The third-order valence-corrected chi connectivity index (χ3v) is 6.80. The van der Waals surface area contributed by atoms with Crippen molar-refractivity contribution in [1.82, 2.24) is 24.6 Å². The van der Waals surface area contributed by atoms with Crippen LogP contribution >= 0.6 is 0 Å². The molecule has 2 heterocycles. The van der Waals surface area contributed by atoms with Crippen molar-refractivity contribution in [2.75, 3.05) is 6.61 Å². The van der Waals surface area contributed by atoms with E-state index in [1.54, 1.807) is 23.4 Å². The molecule has 4 aliphatic rings. The van der Waals surface area contributed by atoms with Crippen molar-refractivity contribution in [2.24, 2.45) is 30.7 Å². The summed E-state index contributed by atoms with van der Waals surface area (Å²) in [5, 5.41) is 7.60. The van der Waals surface area contributed by atoms with Gasteiger partial charge in [0.15, 0.2) is 0 Å². The van der Waals surface area contributed by atoms with E-state index in [2.05, 4.69) is 15.4 Å². The minimum absolute atomic E-state index is 0.0433. The Morgan fingerprint density at radius 2 is 1.96 bits per heavy atom. The summed E-state index contributed by atoms with van der Waals surface area (Å²) in [5.74, 6) is 3.62. The van der Waals surface area contributed by atoms with Gasteiger partial charge in [-0.15, -0.1) is 0 Å². The molecule has 2 aromatic heterocycles. The van der Waals surface area contributed by atoms with E-state index in [0.29, 0.717) is 42.5 Å². The highest BCUT2D eigenvalue weighted by Crippen LogP contribution is 2.53. The van der Waals surface area contributed by atoms with Gasteiger partial charge < -0.3 is 14.6 Å². The number of carbonyl (C=O) groups is 1. The number of rotatable bonds is 6. The van der Waals surface area contributed by atoms with E-state index in [-0.39, 0.29) is 5.91 Å². The van der Waals surface area contributed by atoms with Gasteiger partial charge in [-0.25, -0.2) is 9.67 Å². The molecule has 4 bridgehead atoms. The maximum Gasteiger partial charge on any atom is 0.258 e. The minimum atomic E-state index is -0.0433. The van der Waals surface area contributed by atoms with Crippen LogP contribution in [0.2, 0.25) is 0 Å². The Hall–Kier alpha value is -2.31. The Bertz CT molecular complexity index is 784. The molecule has 1 amide bonds. The molecule has 144 valence electrons. The van der Waals surface area contributed by atoms with Crippen molar-refractivity contribution in [3.05, 3.63) is 30.5 Å². The number of nitrogens with one attached hydrogen (secondary N) is 1. The monoisotopic (exact) mass is 369 g/mol. The highest BCUT2D eigenvalue weighted by molar-refractivity contribution is 5.96. The summed E-state index contributed by atoms with van der Waals surface area (Å²) in [6, 6.07) is 0.323. The van der Waals surface area contributed by atoms with E-state index in [4.69, 9.17) is 4.74 Å². The van der Waals surface area contributed by atoms with Crippen LogP contribution in [0.5, 0.6) is 5.88 Å². The number of carbonyl (C=O) groups excluding carboxylic acids is 1. The average molecular weight is 369 g/mol. The number of ether oxygens (including phenoxy) is 1. The minimum Gasteiger partial charge on any atom is -0.475 e. The fraction of sp³-hybridized carbons (Fsp3) is 0.650. The molecule has 6 rings (SSSR count). The van der Waals surface area contributed by atoms with Gasteiger partial charge in [0.25, 0.3) is 5.91 Å². The highest BCUT2D eigenvalue weighted by atomic mass is 16.5. The molecule has 0 aromatic carbocycles. The van der Waals surface area contributed by atoms with Gasteiger partial charge in [0.1, 0.15) is 12.2 Å². The van der Waals surface area contributed by atoms with Crippen molar-refractivity contribution in [3.8, 4) is 5.88 Å². The van der Waals surface area contributed by atoms with Crippen molar-refractivity contribution in [2.45, 2.75) is 44.7 Å². The number of nitrogens with zero attached hydrogens (tertiary/aromatic N) is 4. The Morgan fingerprint density at radius 1 is 1.22 bits per heavy atom. The molecular weight excluding hydrogens is 342 g/mol. The molecular formula is C20H27N5O2. The lowest BCUT2D eigenvalue weighted by Crippen LogP contribution is -2.55. The Kier molecular flexibility index (Phi) is 4.17. The first kappa shape index (κ1) is 16.8. The summed E-state index contributed by atoms with van der Waals surface area (Å²) in [5.41, 5.74) is 0.539. The van der Waals surface area contributed by atoms with Crippen LogP contribution in [0.25, 0.3) is 0 Å². The van der Waals surface area contributed by atoms with E-state index in [1.165, 1.54) is 32.1 Å². The predicted octanol–water partition coefficient (Wildman–Crippen LogP) is 2.25. The average Bonchev–Trinajstić information content (AvgIpc) is 3.28. The van der Waals surface area contributed by atoms with E-state index in [9.17, 15) is 4.79 Å². The third kappa shape index (κ3) is 3.13. The summed E-state index contributed by atoms with van der Waals surface area (Å²) in [7, 11) is 1.81. The number of hydrogen-bond acceptors (Lipinski definition) is 4. The zero-order valence-corrected chi connectivity index (χ0v) is 15.8. The zero-order chi connectivity index (χ0) is 18.4. The second-order valence-electron chi connectivity index (χ2n) is 8.57. The van der Waals surface area contributed by atoms with Crippen LogP contribution in [0.3, 0.4) is 0 Å². The number of aromatic nitrogens is 4. The first-order valence-corrected chi connectivity index (χ1v) is 10.1. The van der Waals surface area contributed by atoms with Gasteiger partial charge in [0, 0.05) is 25.5 Å². The number of amides is 1. The zero-order valence-electron chi connectivity index (χ0n) is 15.8. The molecule has 7 nitrogen and oxygen atoms in total. The first-order valence-electron chi connectivity index (χ1n) is 10.1. The molecule has 0 spiro atoms. The third-order valence-electron chi connectivity index (χ3n) is 6.80. The predicted molar refractivity (Wildman–Crippen MR) is 99.2 cm³/mol. The second-order valence-corrected chi connectivity index (χ2v) is 8.57. The lowest BCUT2D eigenvalue weighted by molar-refractivity contribution is -0.0120. The largest absolute Gasteiger partial charge is 0.475 e. The maximum atomic E-state index is 13.0. The van der Waals surface area contributed by atoms with Crippen LogP contribution < -0.4 is 10.1 Å². The normalized spacial score (nSPS) is 31.2. The van der Waals surface area contributed by atoms with Crippen molar-refractivity contribution in [1.29, 1.82) is 0 Å². The number of hydrogen-bond donors (Lipinski definition) is 1. The highest BCUT2D eigenvalue weighted by Gasteiger charge is 2.48. The maximum absolute atomic E-state index is 13.0. The van der Waals surface area contributed by atoms with E-state index < -0.39 is 0 Å². The molecule has 7 heteroatoms. The summed E-state index contributed by atoms with van der Waals surface area (Å²) in [6.07, 6.45) is 13.6. The lowest BCUT2D eigenvalue weighted by Gasteiger charge is -2.54. The molecule has 4 aliphatic carbocycles. The quantitative estimate of drug-likeness (QED) is 0.848. The Morgan fingerprint density at radius 3 is 2.63 bits per heavy atom. The van der Waals surface area contributed by atoms with E-state index in [0.717, 1.165) is 11.8 Å². The van der Waals surface area contributed by atoms with Gasteiger partial charge in [-0.05, 0) is 55.8 Å². The molecule has 1 N–H and O–H groups in total. The molecule has 0 radical (unpaired) electrons. The van der Waals surface area contributed by atoms with Gasteiger partial charge in [-0.3, -0.25) is 4.79 Å². The van der Waals surface area contributed by atoms with Crippen molar-refractivity contribution in [3.63, 3.8) is 0 Å². The summed E-state index contributed by atoms with van der Waals surface area (Å²) < 4.78 is 9.49. The Balaban J connectivity index is 1.25. The molecule has 0 aliphatic heterocycles. The van der Waals surface area contributed by atoms with Crippen LogP contribution in [0.4, 0.5) is 0 Å². The standard InChI is InChI=1S/C20H27N5O2/c1-24-20(27-5-4-25-3-2-21-12-25)17(11-22-24)19(26)23-18-15-7-13-6-14(9-15)10-16(18)8-13/h2-3,11-16,18H,4-10H2,1H3,(H,23,26). The van der Waals surface area contributed by atoms with Crippen LogP contribution in [-0.2, 0) is 13.6 Å². The fourth-order valence-corrected chi connectivity index (χ4v) is 5.81. The summed E-state index contributed by atoms with van der Waals surface area (Å²) in [6.45, 7) is 1.15. The molecule has 4 fully saturated rings. The first-order chi connectivity index (χ1) is 13.2. The molecule has 27 heavy (non-hydrogen) atoms. The molecule has 4 saturated carbocycles. The lowest BCUT2D eigenvalue weighted by atomic mass is 9.54. The van der Waals surface area contributed by atoms with Crippen LogP contribution in [0.15, 0.2) is 24.9 Å². The van der Waals surface area contributed by atoms with E-state index in [1.807, 2.05) is 17.8 Å². The molecule has 2 aromatic rings. The van der Waals surface area contributed by atoms with Gasteiger partial charge in [0.2, 0.25) is 5.88 Å². The van der Waals surface area contributed by atoms with Crippen molar-refractivity contribution < 1.29 is 9.53 Å². The molecule has 0 unspecified atom stereocenters. The fourth-order valence-electron chi connectivity index (χ4n) is 5.81. The Labute approximate surface area is 159 Å². The van der Waals surface area contributed by atoms with E-state index >= 15 is 0 Å². The van der Waals surface area contributed by atoms with Crippen LogP contribution in [0.1, 0.15) is 42.5 Å². The van der Waals surface area contributed by atoms with Gasteiger partial charge in [-0.1, -0.05) is 0 Å². The SMILES string of the molecule is Cn1ncc(C(=O)NC2C3CC4CC(C3)CC2C4)c1OCCn1ccnc1. The second kappa shape index (κ2) is 6.69. The summed E-state index contributed by atoms with van der Waals surface area (Å²) in [4.78, 5) is 17.0. The number of aryl methyl sites for hydroxylation is 1. The number of imidazole rings is 1. The van der Waals surface area contributed by atoms with Crippen LogP contribution in [-0.4, -0.2) is 37.9 Å². The summed E-state index contributed by atoms with van der Waals surface area (Å²) >= 11 is 0. The van der Waals surface area contributed by atoms with Crippen molar-refractivity contribution >= 4 is 5.91 Å². The van der Waals surface area contributed by atoms with Crippen LogP contribution in [0, 0.1) is 23.7 Å². The molecule has 0 atom stereocenters. The topological polar surface area (TPSA) is 74.0 Å². The smallest absolute Gasteiger partial charge is 0.258 e. The van der Waals surface area contributed by atoms with Gasteiger partial charge in [0.05, 0.1) is 19.1 Å².